The number of aryl methyl sites for hydroxylation is 3. The maximum absolute atomic E-state index is 12.7. The van der Waals surface area contributed by atoms with Crippen LogP contribution in [0.1, 0.15) is 46.9 Å². The van der Waals surface area contributed by atoms with E-state index in [9.17, 15) is 18.0 Å². The number of Topliss-reactive ketones (excluding diaryl/α,β-unsaturated/α-hetero) is 1. The van der Waals surface area contributed by atoms with Crippen LogP contribution in [0.4, 0.5) is 0 Å². The Morgan fingerprint density at radius 2 is 1.84 bits per heavy atom. The third-order valence-electron chi connectivity index (χ3n) is 5.19. The first-order valence-electron chi connectivity index (χ1n) is 10.0. The molecule has 0 spiro atoms. The molecule has 0 fully saturated rings. The molecule has 7 nitrogen and oxygen atoms in total. The SMILES string of the molecule is CCc1cc(-c2cncc(C(=O)CCCc3ccc(S(N)(=O)=O)cc3)c2)c(C)[nH]c1=O. The normalized spacial score (nSPS) is 11.5. The number of hydrogen-bond donors (Lipinski definition) is 2. The molecule has 3 N–H and O–H groups in total. The van der Waals surface area contributed by atoms with E-state index in [1.165, 1.54) is 12.1 Å². The van der Waals surface area contributed by atoms with Crippen molar-refractivity contribution in [1.29, 1.82) is 0 Å². The average molecular weight is 440 g/mol. The lowest BCUT2D eigenvalue weighted by atomic mass is 9.99. The molecule has 3 aromatic rings. The quantitative estimate of drug-likeness (QED) is 0.522. The van der Waals surface area contributed by atoms with Crippen LogP contribution in [-0.2, 0) is 22.9 Å². The van der Waals surface area contributed by atoms with Crippen molar-refractivity contribution in [3.05, 3.63) is 81.5 Å². The second kappa shape index (κ2) is 9.36. The van der Waals surface area contributed by atoms with Gasteiger partial charge in [-0.15, -0.1) is 0 Å². The third kappa shape index (κ3) is 5.53. The van der Waals surface area contributed by atoms with Gasteiger partial charge in [0.05, 0.1) is 4.90 Å². The molecule has 0 radical (unpaired) electrons. The Bertz CT molecular complexity index is 1260. The van der Waals surface area contributed by atoms with Crippen LogP contribution in [0.25, 0.3) is 11.1 Å². The summed E-state index contributed by atoms with van der Waals surface area (Å²) < 4.78 is 22.6. The fourth-order valence-electron chi connectivity index (χ4n) is 3.41. The number of nitrogens with zero attached hydrogens (tertiary/aromatic N) is 1. The number of carbonyl (C=O) groups excluding carboxylic acids is 1. The topological polar surface area (TPSA) is 123 Å². The zero-order chi connectivity index (χ0) is 22.6. The monoisotopic (exact) mass is 439 g/mol. The fraction of sp³-hybridized carbons (Fsp3) is 0.261. The summed E-state index contributed by atoms with van der Waals surface area (Å²) in [6.45, 7) is 3.75. The zero-order valence-electron chi connectivity index (χ0n) is 17.5. The molecular weight excluding hydrogens is 414 g/mol. The van der Waals surface area contributed by atoms with Gasteiger partial charge in [-0.3, -0.25) is 14.6 Å². The molecule has 0 aliphatic carbocycles. The van der Waals surface area contributed by atoms with Gasteiger partial charge in [-0.2, -0.15) is 0 Å². The van der Waals surface area contributed by atoms with Crippen molar-refractivity contribution in [3.63, 3.8) is 0 Å². The molecule has 0 aliphatic heterocycles. The zero-order valence-corrected chi connectivity index (χ0v) is 18.3. The van der Waals surface area contributed by atoms with Crippen LogP contribution in [0.15, 0.2) is 58.5 Å². The standard InChI is InChI=1S/C23H25N3O4S/c1-3-17-12-21(15(2)26-23(17)28)18-11-19(14-25-13-18)22(27)6-4-5-16-7-9-20(10-8-16)31(24,29)30/h7-14H,3-6H2,1-2H3,(H,26,28)(H2,24,29,30). The Kier molecular flexibility index (Phi) is 6.82. The molecule has 0 amide bonds. The largest absolute Gasteiger partial charge is 0.326 e. The van der Waals surface area contributed by atoms with E-state index in [4.69, 9.17) is 5.14 Å². The number of benzene rings is 1. The lowest BCUT2D eigenvalue weighted by Gasteiger charge is -2.09. The van der Waals surface area contributed by atoms with Gasteiger partial charge in [0.15, 0.2) is 5.78 Å². The van der Waals surface area contributed by atoms with Crippen LogP contribution in [0.2, 0.25) is 0 Å². The number of pyridine rings is 2. The Balaban J connectivity index is 1.69. The van der Waals surface area contributed by atoms with Gasteiger partial charge in [0, 0.05) is 46.8 Å². The number of H-pyrrole nitrogens is 1. The summed E-state index contributed by atoms with van der Waals surface area (Å²) in [5.41, 5.74) is 4.42. The maximum Gasteiger partial charge on any atom is 0.251 e. The number of nitrogens with one attached hydrogen (secondary N) is 1. The molecule has 1 aromatic carbocycles. The van der Waals surface area contributed by atoms with E-state index in [-0.39, 0.29) is 16.2 Å². The van der Waals surface area contributed by atoms with Gasteiger partial charge in [0.2, 0.25) is 10.0 Å². The summed E-state index contributed by atoms with van der Waals surface area (Å²) in [5, 5.41) is 5.10. The predicted molar refractivity (Wildman–Crippen MR) is 119 cm³/mol. The van der Waals surface area contributed by atoms with Crippen LogP contribution in [0.3, 0.4) is 0 Å². The number of aromatic nitrogens is 2. The molecule has 2 heterocycles. The van der Waals surface area contributed by atoms with E-state index in [1.807, 2.05) is 19.9 Å². The van der Waals surface area contributed by atoms with Gasteiger partial charge in [-0.25, -0.2) is 13.6 Å². The van der Waals surface area contributed by atoms with Crippen molar-refractivity contribution in [2.45, 2.75) is 44.4 Å². The Morgan fingerprint density at radius 3 is 2.48 bits per heavy atom. The van der Waals surface area contributed by atoms with Gasteiger partial charge in [0.25, 0.3) is 5.56 Å². The molecule has 0 aliphatic rings. The average Bonchev–Trinajstić information content (AvgIpc) is 2.73. The molecule has 0 atom stereocenters. The van der Waals surface area contributed by atoms with Crippen molar-refractivity contribution >= 4 is 15.8 Å². The van der Waals surface area contributed by atoms with Gasteiger partial charge < -0.3 is 4.98 Å². The maximum atomic E-state index is 12.7. The van der Waals surface area contributed by atoms with E-state index in [1.54, 1.807) is 30.6 Å². The summed E-state index contributed by atoms with van der Waals surface area (Å²) >= 11 is 0. The van der Waals surface area contributed by atoms with E-state index in [0.29, 0.717) is 36.8 Å². The Labute approximate surface area is 181 Å². The van der Waals surface area contributed by atoms with Crippen LogP contribution >= 0.6 is 0 Å². The van der Waals surface area contributed by atoms with Gasteiger partial charge in [0.1, 0.15) is 0 Å². The van der Waals surface area contributed by atoms with Gasteiger partial charge in [-0.05, 0) is 56.0 Å². The van der Waals surface area contributed by atoms with Crippen LogP contribution in [0.5, 0.6) is 0 Å². The molecule has 162 valence electrons. The lowest BCUT2D eigenvalue weighted by molar-refractivity contribution is 0.0980. The highest BCUT2D eigenvalue weighted by molar-refractivity contribution is 7.89. The number of carbonyl (C=O) groups is 1. The van der Waals surface area contributed by atoms with Crippen LogP contribution in [0, 0.1) is 6.92 Å². The first-order chi connectivity index (χ1) is 14.7. The van der Waals surface area contributed by atoms with E-state index < -0.39 is 10.0 Å². The number of primary sulfonamides is 1. The molecule has 2 aromatic heterocycles. The highest BCUT2D eigenvalue weighted by Crippen LogP contribution is 2.23. The highest BCUT2D eigenvalue weighted by atomic mass is 32.2. The van der Waals surface area contributed by atoms with Crippen molar-refractivity contribution < 1.29 is 13.2 Å². The molecule has 0 saturated carbocycles. The summed E-state index contributed by atoms with van der Waals surface area (Å²) in [7, 11) is -3.71. The smallest absolute Gasteiger partial charge is 0.251 e. The number of hydrogen-bond acceptors (Lipinski definition) is 5. The number of sulfonamides is 1. The highest BCUT2D eigenvalue weighted by Gasteiger charge is 2.12. The first-order valence-corrected chi connectivity index (χ1v) is 11.6. The third-order valence-corrected chi connectivity index (χ3v) is 6.12. The van der Waals surface area contributed by atoms with Crippen LogP contribution in [-0.4, -0.2) is 24.2 Å². The summed E-state index contributed by atoms with van der Waals surface area (Å²) in [5.74, 6) is -0.0201. The molecule has 0 saturated heterocycles. The van der Waals surface area contributed by atoms with Crippen molar-refractivity contribution in [2.24, 2.45) is 5.14 Å². The number of rotatable bonds is 8. The number of aromatic amines is 1. The predicted octanol–water partition coefficient (Wildman–Crippen LogP) is 3.16. The van der Waals surface area contributed by atoms with E-state index in [2.05, 4.69) is 9.97 Å². The summed E-state index contributed by atoms with van der Waals surface area (Å²) in [4.78, 5) is 31.8. The molecule has 31 heavy (non-hydrogen) atoms. The van der Waals surface area contributed by atoms with Gasteiger partial charge in [-0.1, -0.05) is 19.1 Å². The van der Waals surface area contributed by atoms with Crippen molar-refractivity contribution in [3.8, 4) is 11.1 Å². The minimum absolute atomic E-state index is 0.0201. The second-order valence-corrected chi connectivity index (χ2v) is 9.01. The molecule has 0 unspecified atom stereocenters. The van der Waals surface area contributed by atoms with Crippen molar-refractivity contribution in [1.82, 2.24) is 9.97 Å². The lowest BCUT2D eigenvalue weighted by Crippen LogP contribution is -2.13. The fourth-order valence-corrected chi connectivity index (χ4v) is 3.93. The molecule has 8 heteroatoms. The molecule has 3 rings (SSSR count). The Hall–Kier alpha value is -3.10. The Morgan fingerprint density at radius 1 is 1.13 bits per heavy atom. The minimum atomic E-state index is -3.71. The summed E-state index contributed by atoms with van der Waals surface area (Å²) in [6, 6.07) is 10.0. The molecular formula is C23H25N3O4S. The number of ketones is 1. The first kappa shape index (κ1) is 22.6. The van der Waals surface area contributed by atoms with E-state index >= 15 is 0 Å². The van der Waals surface area contributed by atoms with Crippen molar-refractivity contribution in [2.75, 3.05) is 0 Å². The van der Waals surface area contributed by atoms with Gasteiger partial charge >= 0.3 is 0 Å². The van der Waals surface area contributed by atoms with Crippen LogP contribution < -0.4 is 10.7 Å². The molecule has 0 bridgehead atoms. The van der Waals surface area contributed by atoms with E-state index in [0.717, 1.165) is 22.4 Å². The number of nitrogens with two attached hydrogens (primary N) is 1. The second-order valence-electron chi connectivity index (χ2n) is 7.44. The minimum Gasteiger partial charge on any atom is -0.326 e. The summed E-state index contributed by atoms with van der Waals surface area (Å²) in [6.07, 6.45) is 5.45.